The minimum absolute atomic E-state index is 1.08. The van der Waals surface area contributed by atoms with Crippen molar-refractivity contribution in [2.75, 3.05) is 0 Å². The normalized spacial score (nSPS) is 10.9. The average molecular weight is 192 g/mol. The van der Waals surface area contributed by atoms with Gasteiger partial charge in [-0.1, -0.05) is 42.8 Å². The second-order valence-corrected chi connectivity index (χ2v) is 3.97. The van der Waals surface area contributed by atoms with Gasteiger partial charge in [-0.25, -0.2) is 0 Å². The molecule has 0 aromatic heterocycles. The maximum atomic E-state index is 2.20. The van der Waals surface area contributed by atoms with Crippen LogP contribution in [0.3, 0.4) is 0 Å². The van der Waals surface area contributed by atoms with E-state index in [-0.39, 0.29) is 0 Å². The summed E-state index contributed by atoms with van der Waals surface area (Å²) < 4.78 is 0. The molecule has 1 rings (SSSR count). The number of aryl methyl sites for hydroxylation is 1. The predicted octanol–water partition coefficient (Wildman–Crippen LogP) is 4.15. The molecule has 0 fully saturated rings. The van der Waals surface area contributed by atoms with Crippen LogP contribution in [0.2, 0.25) is 0 Å². The summed E-state index contributed by atoms with van der Waals surface area (Å²) in [6, 6.07) is 8.73. The van der Waals surface area contributed by atoms with Crippen LogP contribution < -0.4 is 0 Å². The number of rotatable bonds is 4. The van der Waals surface area contributed by atoms with Crippen molar-refractivity contribution in [3.05, 3.63) is 46.9 Å². The predicted molar refractivity (Wildman–Crippen MR) is 61.9 cm³/mol. The van der Waals surface area contributed by atoms with E-state index in [0.717, 1.165) is 12.2 Å². The van der Waals surface area contributed by atoms with Gasteiger partial charge in [0.05, 0.1) is 0 Å². The zero-order valence-corrected chi connectivity index (χ0v) is 9.10. The summed E-state index contributed by atoms with van der Waals surface area (Å²) in [7, 11) is 0. The third-order valence-electron chi connectivity index (χ3n) is 1.80. The molecule has 0 N–H and O–H groups in total. The van der Waals surface area contributed by atoms with Crippen LogP contribution in [0.1, 0.15) is 24.5 Å². The van der Waals surface area contributed by atoms with Gasteiger partial charge in [0.25, 0.3) is 0 Å². The van der Waals surface area contributed by atoms with Gasteiger partial charge in [0, 0.05) is 5.75 Å². The molecule has 70 valence electrons. The van der Waals surface area contributed by atoms with Crippen molar-refractivity contribution in [3.63, 3.8) is 0 Å². The Labute approximate surface area is 85.1 Å². The highest BCUT2D eigenvalue weighted by molar-refractivity contribution is 8.01. The molecule has 0 radical (unpaired) electrons. The van der Waals surface area contributed by atoms with Gasteiger partial charge in [0.15, 0.2) is 0 Å². The number of thioether (sulfide) groups is 1. The van der Waals surface area contributed by atoms with E-state index >= 15 is 0 Å². The van der Waals surface area contributed by atoms with E-state index < -0.39 is 0 Å². The topological polar surface area (TPSA) is 0 Å². The molecule has 0 aliphatic heterocycles. The average Bonchev–Trinajstić information content (AvgIpc) is 2.15. The quantitative estimate of drug-likeness (QED) is 0.690. The summed E-state index contributed by atoms with van der Waals surface area (Å²) in [5.74, 6) is 1.08. The molecule has 13 heavy (non-hydrogen) atoms. The first-order valence-electron chi connectivity index (χ1n) is 4.65. The van der Waals surface area contributed by atoms with Gasteiger partial charge in [-0.15, -0.1) is 11.8 Å². The Hall–Kier alpha value is -0.690. The minimum Gasteiger partial charge on any atom is -0.130 e. The standard InChI is InChI=1S/C12H16S/c1-3-4-9-13-10-12-7-5-11(2)6-8-12/h4-9H,3,10H2,1-2H3/b9-4-. The van der Waals surface area contributed by atoms with Crippen molar-refractivity contribution in [1.29, 1.82) is 0 Å². The van der Waals surface area contributed by atoms with Crippen LogP contribution in [-0.2, 0) is 5.75 Å². The third-order valence-corrected chi connectivity index (χ3v) is 2.68. The Morgan fingerprint density at radius 2 is 1.92 bits per heavy atom. The van der Waals surface area contributed by atoms with Crippen molar-refractivity contribution in [2.24, 2.45) is 0 Å². The van der Waals surface area contributed by atoms with Crippen molar-refractivity contribution in [1.82, 2.24) is 0 Å². The fourth-order valence-corrected chi connectivity index (χ4v) is 1.80. The lowest BCUT2D eigenvalue weighted by atomic mass is 10.2. The van der Waals surface area contributed by atoms with Gasteiger partial charge < -0.3 is 0 Å². The SMILES string of the molecule is CC/C=C\SCc1ccc(C)cc1. The van der Waals surface area contributed by atoms with Crippen molar-refractivity contribution in [2.45, 2.75) is 26.0 Å². The maximum Gasteiger partial charge on any atom is 0.0225 e. The summed E-state index contributed by atoms with van der Waals surface area (Å²) in [6.07, 6.45) is 3.32. The number of benzene rings is 1. The molecular weight excluding hydrogens is 176 g/mol. The van der Waals surface area contributed by atoms with Crippen LogP contribution in [0.25, 0.3) is 0 Å². The van der Waals surface area contributed by atoms with E-state index in [2.05, 4.69) is 49.6 Å². The lowest BCUT2D eigenvalue weighted by molar-refractivity contribution is 1.23. The summed E-state index contributed by atoms with van der Waals surface area (Å²) in [5.41, 5.74) is 2.73. The summed E-state index contributed by atoms with van der Waals surface area (Å²) in [4.78, 5) is 0. The first-order valence-corrected chi connectivity index (χ1v) is 5.70. The van der Waals surface area contributed by atoms with Crippen molar-refractivity contribution in [3.8, 4) is 0 Å². The molecule has 0 aliphatic rings. The molecule has 0 unspecified atom stereocenters. The smallest absolute Gasteiger partial charge is 0.0225 e. The molecule has 1 heteroatoms. The van der Waals surface area contributed by atoms with Gasteiger partial charge in [-0.05, 0) is 24.3 Å². The number of allylic oxidation sites excluding steroid dienone is 1. The Balaban J connectivity index is 2.37. The molecule has 1 aromatic rings. The fourth-order valence-electron chi connectivity index (χ4n) is 0.993. The third kappa shape index (κ3) is 4.18. The zero-order valence-electron chi connectivity index (χ0n) is 8.29. The molecule has 0 saturated heterocycles. The number of hydrogen-bond donors (Lipinski definition) is 0. The molecule has 0 heterocycles. The Kier molecular flexibility index (Phi) is 4.69. The van der Waals surface area contributed by atoms with Crippen molar-refractivity contribution < 1.29 is 0 Å². The monoisotopic (exact) mass is 192 g/mol. The van der Waals surface area contributed by atoms with Crippen LogP contribution in [-0.4, -0.2) is 0 Å². The Bertz CT molecular complexity index is 259. The maximum absolute atomic E-state index is 2.20. The first-order chi connectivity index (χ1) is 6.33. The molecule has 0 atom stereocenters. The van der Waals surface area contributed by atoms with E-state index in [4.69, 9.17) is 0 Å². The van der Waals surface area contributed by atoms with Crippen LogP contribution in [0.5, 0.6) is 0 Å². The van der Waals surface area contributed by atoms with Crippen LogP contribution >= 0.6 is 11.8 Å². The van der Waals surface area contributed by atoms with Gasteiger partial charge in [0.2, 0.25) is 0 Å². The van der Waals surface area contributed by atoms with E-state index in [0.29, 0.717) is 0 Å². The van der Waals surface area contributed by atoms with E-state index in [1.165, 1.54) is 11.1 Å². The van der Waals surface area contributed by atoms with Gasteiger partial charge >= 0.3 is 0 Å². The first kappa shape index (κ1) is 10.4. The molecule has 0 amide bonds. The molecule has 0 bridgehead atoms. The van der Waals surface area contributed by atoms with E-state index in [1.807, 2.05) is 11.8 Å². The lowest BCUT2D eigenvalue weighted by Crippen LogP contribution is -1.78. The van der Waals surface area contributed by atoms with Crippen LogP contribution in [0, 0.1) is 6.92 Å². The summed E-state index contributed by atoms with van der Waals surface area (Å²) in [5, 5.41) is 2.18. The van der Waals surface area contributed by atoms with Gasteiger partial charge in [0.1, 0.15) is 0 Å². The van der Waals surface area contributed by atoms with Gasteiger partial charge in [-0.2, -0.15) is 0 Å². The molecule has 0 nitrogen and oxygen atoms in total. The van der Waals surface area contributed by atoms with E-state index in [1.54, 1.807) is 0 Å². The second-order valence-electron chi connectivity index (χ2n) is 3.08. The molecular formula is C12H16S. The second kappa shape index (κ2) is 5.87. The van der Waals surface area contributed by atoms with Crippen LogP contribution in [0.15, 0.2) is 35.7 Å². The van der Waals surface area contributed by atoms with E-state index in [9.17, 15) is 0 Å². The van der Waals surface area contributed by atoms with Crippen molar-refractivity contribution >= 4 is 11.8 Å². The Morgan fingerprint density at radius 3 is 2.54 bits per heavy atom. The number of hydrogen-bond acceptors (Lipinski definition) is 1. The molecule has 0 spiro atoms. The van der Waals surface area contributed by atoms with Gasteiger partial charge in [-0.3, -0.25) is 0 Å². The highest BCUT2D eigenvalue weighted by atomic mass is 32.2. The largest absolute Gasteiger partial charge is 0.130 e. The summed E-state index contributed by atoms with van der Waals surface area (Å²) in [6.45, 7) is 4.27. The molecule has 0 aliphatic carbocycles. The highest BCUT2D eigenvalue weighted by Crippen LogP contribution is 2.13. The highest BCUT2D eigenvalue weighted by Gasteiger charge is 1.89. The molecule has 1 aromatic carbocycles. The lowest BCUT2D eigenvalue weighted by Gasteiger charge is -1.98. The van der Waals surface area contributed by atoms with Crippen LogP contribution in [0.4, 0.5) is 0 Å². The minimum atomic E-state index is 1.08. The Morgan fingerprint density at radius 1 is 1.23 bits per heavy atom. The molecule has 0 saturated carbocycles. The summed E-state index contributed by atoms with van der Waals surface area (Å²) >= 11 is 1.86. The fraction of sp³-hybridized carbons (Fsp3) is 0.333. The zero-order chi connectivity index (χ0) is 9.52.